The van der Waals surface area contributed by atoms with Gasteiger partial charge in [-0.15, -0.1) is 0 Å². The molecule has 0 aliphatic carbocycles. The Morgan fingerprint density at radius 3 is 2.80 bits per heavy atom. The molecule has 6 heteroatoms. The summed E-state index contributed by atoms with van der Waals surface area (Å²) in [4.78, 5) is 8.83. The topological polar surface area (TPSA) is 67.1 Å². The number of aliphatic imine (C=N–C) groups is 1. The largest absolute Gasteiger partial charge is 0.356 e. The maximum Gasteiger partial charge on any atom is 0.191 e. The highest BCUT2D eigenvalue weighted by atomic mass is 15.4. The van der Waals surface area contributed by atoms with Gasteiger partial charge in [-0.05, 0) is 31.7 Å². The lowest BCUT2D eigenvalue weighted by Gasteiger charge is -2.26. The van der Waals surface area contributed by atoms with Crippen LogP contribution in [0.1, 0.15) is 42.0 Å². The summed E-state index contributed by atoms with van der Waals surface area (Å²) in [5.74, 6) is 3.22. The number of rotatable bonds is 4. The van der Waals surface area contributed by atoms with E-state index in [1.807, 2.05) is 18.7 Å². The molecule has 2 atom stereocenters. The molecule has 2 N–H and O–H groups in total. The second kappa shape index (κ2) is 7.68. The average Bonchev–Trinajstić information content (AvgIpc) is 2.98. The van der Waals surface area contributed by atoms with Crippen LogP contribution >= 0.6 is 0 Å². The third-order valence-corrected chi connectivity index (χ3v) is 4.75. The normalized spacial score (nSPS) is 18.6. The number of aryl methyl sites for hydroxylation is 3. The third kappa shape index (κ3) is 4.38. The van der Waals surface area contributed by atoms with Crippen LogP contribution in [0.15, 0.2) is 29.3 Å². The minimum atomic E-state index is 0.328. The smallest absolute Gasteiger partial charge is 0.191 e. The number of fused-ring (bicyclic) bond motifs is 1. The number of nitrogens with one attached hydrogen (secondary N) is 2. The highest BCUT2D eigenvalue weighted by Crippen LogP contribution is 2.15. The monoisotopic (exact) mass is 340 g/mol. The molecule has 0 radical (unpaired) electrons. The van der Waals surface area contributed by atoms with E-state index in [-0.39, 0.29) is 0 Å². The zero-order valence-electron chi connectivity index (χ0n) is 15.6. The number of hydrogen-bond acceptors (Lipinski definition) is 3. The SMILES string of the molecule is CN=C(NCC(C)c1ccc(C)cc1)NC1CCc2nc(C)nn2C1. The fourth-order valence-corrected chi connectivity index (χ4v) is 3.20. The first kappa shape index (κ1) is 17.5. The van der Waals surface area contributed by atoms with E-state index in [0.717, 1.165) is 43.5 Å². The zero-order valence-corrected chi connectivity index (χ0v) is 15.6. The molecule has 2 heterocycles. The van der Waals surface area contributed by atoms with Gasteiger partial charge in [0.25, 0.3) is 0 Å². The van der Waals surface area contributed by atoms with Gasteiger partial charge in [-0.2, -0.15) is 5.10 Å². The van der Waals surface area contributed by atoms with E-state index >= 15 is 0 Å². The lowest BCUT2D eigenvalue weighted by atomic mass is 10.0. The molecule has 1 aliphatic heterocycles. The molecule has 134 valence electrons. The van der Waals surface area contributed by atoms with E-state index in [1.165, 1.54) is 11.1 Å². The van der Waals surface area contributed by atoms with Gasteiger partial charge in [0.1, 0.15) is 11.6 Å². The Kier molecular flexibility index (Phi) is 5.36. The minimum Gasteiger partial charge on any atom is -0.356 e. The second-order valence-corrected chi connectivity index (χ2v) is 6.90. The van der Waals surface area contributed by atoms with Crippen molar-refractivity contribution in [2.45, 2.75) is 52.1 Å². The van der Waals surface area contributed by atoms with Crippen molar-refractivity contribution in [3.05, 3.63) is 47.0 Å². The molecule has 0 fully saturated rings. The van der Waals surface area contributed by atoms with Crippen LogP contribution in [0, 0.1) is 13.8 Å². The maximum atomic E-state index is 4.46. The Morgan fingerprint density at radius 2 is 2.08 bits per heavy atom. The van der Waals surface area contributed by atoms with E-state index < -0.39 is 0 Å². The first-order valence-corrected chi connectivity index (χ1v) is 8.99. The summed E-state index contributed by atoms with van der Waals surface area (Å²) >= 11 is 0. The van der Waals surface area contributed by atoms with Gasteiger partial charge in [0.15, 0.2) is 5.96 Å². The van der Waals surface area contributed by atoms with Crippen LogP contribution in [0.4, 0.5) is 0 Å². The Balaban J connectivity index is 1.52. The van der Waals surface area contributed by atoms with Crippen LogP contribution in [0.3, 0.4) is 0 Å². The molecule has 2 aromatic rings. The molecule has 1 aliphatic rings. The number of nitrogens with zero attached hydrogens (tertiary/aromatic N) is 4. The number of guanidine groups is 1. The van der Waals surface area contributed by atoms with E-state index in [0.29, 0.717) is 12.0 Å². The summed E-state index contributed by atoms with van der Waals surface area (Å²) in [5.41, 5.74) is 2.63. The molecule has 6 nitrogen and oxygen atoms in total. The fraction of sp³-hybridized carbons (Fsp3) is 0.526. The maximum absolute atomic E-state index is 4.46. The van der Waals surface area contributed by atoms with Crippen LogP contribution in [-0.2, 0) is 13.0 Å². The van der Waals surface area contributed by atoms with Crippen molar-refractivity contribution in [3.63, 3.8) is 0 Å². The Bertz CT molecular complexity index is 731. The summed E-state index contributed by atoms with van der Waals surface area (Å²) in [5, 5.41) is 11.4. The van der Waals surface area contributed by atoms with E-state index in [2.05, 4.69) is 63.8 Å². The Labute approximate surface area is 149 Å². The number of hydrogen-bond donors (Lipinski definition) is 2. The van der Waals surface area contributed by atoms with Crippen LogP contribution in [0.5, 0.6) is 0 Å². The lowest BCUT2D eigenvalue weighted by molar-refractivity contribution is 0.392. The Morgan fingerprint density at radius 1 is 1.32 bits per heavy atom. The Hall–Kier alpha value is -2.37. The first-order valence-electron chi connectivity index (χ1n) is 8.99. The van der Waals surface area contributed by atoms with Crippen molar-refractivity contribution >= 4 is 5.96 Å². The zero-order chi connectivity index (χ0) is 17.8. The molecule has 2 unspecified atom stereocenters. The third-order valence-electron chi connectivity index (χ3n) is 4.75. The summed E-state index contributed by atoms with van der Waals surface area (Å²) in [6.45, 7) is 7.98. The number of aromatic nitrogens is 3. The molecule has 1 aromatic heterocycles. The highest BCUT2D eigenvalue weighted by molar-refractivity contribution is 5.80. The molecule has 0 saturated heterocycles. The average molecular weight is 340 g/mol. The fourth-order valence-electron chi connectivity index (χ4n) is 3.20. The molecule has 0 spiro atoms. The van der Waals surface area contributed by atoms with Gasteiger partial charge in [-0.25, -0.2) is 9.67 Å². The van der Waals surface area contributed by atoms with Gasteiger partial charge in [-0.1, -0.05) is 36.8 Å². The highest BCUT2D eigenvalue weighted by Gasteiger charge is 2.21. The molecule has 0 bridgehead atoms. The van der Waals surface area contributed by atoms with Gasteiger partial charge < -0.3 is 10.6 Å². The van der Waals surface area contributed by atoms with Crippen molar-refractivity contribution in [2.24, 2.45) is 4.99 Å². The summed E-state index contributed by atoms with van der Waals surface area (Å²) in [7, 11) is 1.82. The van der Waals surface area contributed by atoms with Crippen LogP contribution in [0.2, 0.25) is 0 Å². The molecule has 3 rings (SSSR count). The predicted octanol–water partition coefficient (Wildman–Crippen LogP) is 2.18. The van der Waals surface area contributed by atoms with Gasteiger partial charge in [0, 0.05) is 26.1 Å². The molecule has 1 aromatic carbocycles. The van der Waals surface area contributed by atoms with Crippen LogP contribution in [0.25, 0.3) is 0 Å². The van der Waals surface area contributed by atoms with Gasteiger partial charge in [-0.3, -0.25) is 4.99 Å². The van der Waals surface area contributed by atoms with Crippen molar-refractivity contribution in [1.29, 1.82) is 0 Å². The molecule has 0 saturated carbocycles. The minimum absolute atomic E-state index is 0.328. The number of benzene rings is 1. The summed E-state index contributed by atoms with van der Waals surface area (Å²) in [6, 6.07) is 9.06. The second-order valence-electron chi connectivity index (χ2n) is 6.90. The quantitative estimate of drug-likeness (QED) is 0.661. The van der Waals surface area contributed by atoms with Gasteiger partial charge in [0.2, 0.25) is 0 Å². The van der Waals surface area contributed by atoms with E-state index in [4.69, 9.17) is 0 Å². The lowest BCUT2D eigenvalue weighted by Crippen LogP contribution is -2.47. The molecular formula is C19H28N6. The standard InChI is InChI=1S/C19H28N6/c1-13-5-7-16(8-6-13)14(2)11-21-19(20-4)23-17-9-10-18-22-15(3)24-25(18)12-17/h5-8,14,17H,9-12H2,1-4H3,(H2,20,21,23). The molecule has 0 amide bonds. The van der Waals surface area contributed by atoms with Crippen molar-refractivity contribution in [3.8, 4) is 0 Å². The van der Waals surface area contributed by atoms with Crippen LogP contribution < -0.4 is 10.6 Å². The van der Waals surface area contributed by atoms with E-state index in [9.17, 15) is 0 Å². The summed E-state index contributed by atoms with van der Waals surface area (Å²) < 4.78 is 2.01. The molecular weight excluding hydrogens is 312 g/mol. The van der Waals surface area contributed by atoms with Crippen molar-refractivity contribution in [1.82, 2.24) is 25.4 Å². The van der Waals surface area contributed by atoms with Crippen molar-refractivity contribution < 1.29 is 0 Å². The van der Waals surface area contributed by atoms with E-state index in [1.54, 1.807) is 0 Å². The summed E-state index contributed by atoms with van der Waals surface area (Å²) in [6.07, 6.45) is 2.00. The van der Waals surface area contributed by atoms with Crippen molar-refractivity contribution in [2.75, 3.05) is 13.6 Å². The van der Waals surface area contributed by atoms with Gasteiger partial charge >= 0.3 is 0 Å². The first-order chi connectivity index (χ1) is 12.0. The predicted molar refractivity (Wildman–Crippen MR) is 101 cm³/mol. The molecule has 25 heavy (non-hydrogen) atoms. The van der Waals surface area contributed by atoms with Gasteiger partial charge in [0.05, 0.1) is 6.54 Å². The van der Waals surface area contributed by atoms with Crippen LogP contribution in [-0.4, -0.2) is 40.4 Å².